The first kappa shape index (κ1) is 20.2. The van der Waals surface area contributed by atoms with Gasteiger partial charge in [0.1, 0.15) is 11.6 Å². The molecule has 0 saturated heterocycles. The van der Waals surface area contributed by atoms with Gasteiger partial charge in [-0.05, 0) is 44.5 Å². The number of anilines is 1. The Morgan fingerprint density at radius 3 is 2.57 bits per heavy atom. The average molecular weight is 426 g/mol. The van der Waals surface area contributed by atoms with E-state index in [1.54, 1.807) is 23.7 Å². The number of carbonyl (C=O) groups excluding carboxylic acids is 1. The summed E-state index contributed by atoms with van der Waals surface area (Å²) in [7, 11) is -3.26. The summed E-state index contributed by atoms with van der Waals surface area (Å²) < 4.78 is 31.6. The third kappa shape index (κ3) is 3.95. The summed E-state index contributed by atoms with van der Waals surface area (Å²) in [4.78, 5) is 12.9. The number of ether oxygens (including phenoxy) is 1. The summed E-state index contributed by atoms with van der Waals surface area (Å²) in [6.07, 6.45) is -0.775. The highest BCUT2D eigenvalue weighted by molar-refractivity contribution is 7.90. The molecular formula is C22H23N3O4S. The molecule has 1 aliphatic heterocycles. The number of sulfone groups is 1. The molecule has 1 N–H and O–H groups in total. The Labute approximate surface area is 175 Å². The van der Waals surface area contributed by atoms with Crippen molar-refractivity contribution in [2.24, 2.45) is 0 Å². The van der Waals surface area contributed by atoms with E-state index in [0.29, 0.717) is 22.8 Å². The van der Waals surface area contributed by atoms with Crippen molar-refractivity contribution in [3.8, 4) is 11.4 Å². The summed E-state index contributed by atoms with van der Waals surface area (Å²) in [6, 6.07) is 15.0. The fourth-order valence-corrected chi connectivity index (χ4v) is 5.06. The van der Waals surface area contributed by atoms with Crippen LogP contribution in [-0.2, 0) is 26.1 Å². The zero-order chi connectivity index (χ0) is 21.5. The molecule has 1 aliphatic rings. The van der Waals surface area contributed by atoms with E-state index in [2.05, 4.69) is 10.4 Å². The molecule has 0 bridgehead atoms. The van der Waals surface area contributed by atoms with Gasteiger partial charge in [0.15, 0.2) is 15.9 Å². The molecule has 0 radical (unpaired) electrons. The minimum Gasteiger partial charge on any atom is -0.481 e. The highest BCUT2D eigenvalue weighted by Gasteiger charge is 2.34. The third-order valence-corrected chi connectivity index (χ3v) is 6.48. The molecule has 4 rings (SSSR count). The Balaban J connectivity index is 1.68. The predicted molar refractivity (Wildman–Crippen MR) is 115 cm³/mol. The van der Waals surface area contributed by atoms with Crippen LogP contribution in [-0.4, -0.2) is 30.2 Å². The molecule has 0 fully saturated rings. The van der Waals surface area contributed by atoms with Crippen LogP contribution < -0.4 is 10.1 Å². The number of para-hydroxylation sites is 1. The summed E-state index contributed by atoms with van der Waals surface area (Å²) >= 11 is 0. The topological polar surface area (TPSA) is 90.3 Å². The van der Waals surface area contributed by atoms with Crippen molar-refractivity contribution in [1.29, 1.82) is 0 Å². The first-order chi connectivity index (χ1) is 14.2. The number of amides is 1. The van der Waals surface area contributed by atoms with E-state index in [-0.39, 0.29) is 17.4 Å². The van der Waals surface area contributed by atoms with Crippen molar-refractivity contribution in [2.45, 2.75) is 38.4 Å². The number of nitrogens with zero attached hydrogens (tertiary/aromatic N) is 2. The summed E-state index contributed by atoms with van der Waals surface area (Å²) in [5.74, 6) is 0.315. The molecule has 2 heterocycles. The number of hydrogen-bond donors (Lipinski definition) is 1. The Morgan fingerprint density at radius 2 is 1.87 bits per heavy atom. The van der Waals surface area contributed by atoms with Crippen LogP contribution in [0.4, 0.5) is 5.82 Å². The van der Waals surface area contributed by atoms with E-state index >= 15 is 0 Å². The molecule has 3 aromatic rings. The molecular weight excluding hydrogens is 402 g/mol. The number of benzene rings is 2. The van der Waals surface area contributed by atoms with Gasteiger partial charge in [0.25, 0.3) is 5.91 Å². The zero-order valence-electron chi connectivity index (χ0n) is 17.0. The second-order valence-corrected chi connectivity index (χ2v) is 9.63. The van der Waals surface area contributed by atoms with Crippen LogP contribution in [0.15, 0.2) is 48.5 Å². The standard InChI is InChI=1S/C22H23N3O4S/c1-14-9-10-20(15(2)11-14)25-21(18-12-30(27,28)13-19(18)24-25)23-22(26)16(3)29-17-7-5-4-6-8-17/h4-11,16H,12-13H2,1-3H3,(H,23,26)/t16-/m1/s1. The molecule has 0 aliphatic carbocycles. The van der Waals surface area contributed by atoms with E-state index in [1.807, 2.05) is 50.2 Å². The van der Waals surface area contributed by atoms with Crippen LogP contribution >= 0.6 is 0 Å². The monoisotopic (exact) mass is 425 g/mol. The molecule has 0 spiro atoms. The fourth-order valence-electron chi connectivity index (χ4n) is 3.56. The summed E-state index contributed by atoms with van der Waals surface area (Å²) in [5, 5.41) is 7.39. The van der Waals surface area contributed by atoms with E-state index < -0.39 is 15.9 Å². The summed E-state index contributed by atoms with van der Waals surface area (Å²) in [6.45, 7) is 5.60. The second kappa shape index (κ2) is 7.60. The number of hydrogen-bond acceptors (Lipinski definition) is 5. The lowest BCUT2D eigenvalue weighted by molar-refractivity contribution is -0.122. The van der Waals surface area contributed by atoms with Gasteiger partial charge in [-0.15, -0.1) is 0 Å². The largest absolute Gasteiger partial charge is 0.481 e. The van der Waals surface area contributed by atoms with Crippen molar-refractivity contribution >= 4 is 21.6 Å². The van der Waals surface area contributed by atoms with Crippen molar-refractivity contribution < 1.29 is 17.9 Å². The lowest BCUT2D eigenvalue weighted by Gasteiger charge is -2.17. The normalized spacial score (nSPS) is 15.4. The van der Waals surface area contributed by atoms with Crippen LogP contribution in [0.5, 0.6) is 5.75 Å². The quantitative estimate of drug-likeness (QED) is 0.677. The third-order valence-electron chi connectivity index (χ3n) is 5.03. The maximum Gasteiger partial charge on any atom is 0.266 e. The molecule has 156 valence electrons. The van der Waals surface area contributed by atoms with E-state index in [4.69, 9.17) is 4.74 Å². The first-order valence-corrected chi connectivity index (χ1v) is 11.5. The number of carbonyl (C=O) groups is 1. The van der Waals surface area contributed by atoms with Gasteiger partial charge in [0.2, 0.25) is 0 Å². The van der Waals surface area contributed by atoms with Gasteiger partial charge < -0.3 is 10.1 Å². The van der Waals surface area contributed by atoms with Gasteiger partial charge in [-0.2, -0.15) is 5.10 Å². The molecule has 1 atom stereocenters. The molecule has 7 nitrogen and oxygen atoms in total. The van der Waals surface area contributed by atoms with Gasteiger partial charge in [0, 0.05) is 5.56 Å². The van der Waals surface area contributed by atoms with Crippen LogP contribution in [0.1, 0.15) is 29.3 Å². The Morgan fingerprint density at radius 1 is 1.13 bits per heavy atom. The lowest BCUT2D eigenvalue weighted by Crippen LogP contribution is -2.31. The van der Waals surface area contributed by atoms with Crippen LogP contribution in [0.25, 0.3) is 5.69 Å². The highest BCUT2D eigenvalue weighted by atomic mass is 32.2. The Bertz CT molecular complexity index is 1220. The van der Waals surface area contributed by atoms with Gasteiger partial charge in [0.05, 0.1) is 22.9 Å². The van der Waals surface area contributed by atoms with Crippen molar-refractivity contribution in [3.05, 3.63) is 70.9 Å². The van der Waals surface area contributed by atoms with E-state index in [9.17, 15) is 13.2 Å². The van der Waals surface area contributed by atoms with E-state index in [1.165, 1.54) is 0 Å². The molecule has 0 unspecified atom stereocenters. The van der Waals surface area contributed by atoms with Gasteiger partial charge >= 0.3 is 0 Å². The second-order valence-electron chi connectivity index (χ2n) is 7.57. The average Bonchev–Trinajstić information content (AvgIpc) is 3.15. The summed E-state index contributed by atoms with van der Waals surface area (Å²) in [5.41, 5.74) is 3.88. The maximum absolute atomic E-state index is 12.9. The lowest BCUT2D eigenvalue weighted by atomic mass is 10.1. The number of nitrogens with one attached hydrogen (secondary N) is 1. The molecule has 2 aromatic carbocycles. The maximum atomic E-state index is 12.9. The molecule has 0 saturated carbocycles. The van der Waals surface area contributed by atoms with Gasteiger partial charge in [-0.25, -0.2) is 13.1 Å². The van der Waals surface area contributed by atoms with Crippen LogP contribution in [0.2, 0.25) is 0 Å². The van der Waals surface area contributed by atoms with Crippen molar-refractivity contribution in [1.82, 2.24) is 9.78 Å². The number of rotatable bonds is 5. The molecule has 30 heavy (non-hydrogen) atoms. The smallest absolute Gasteiger partial charge is 0.266 e. The molecule has 8 heteroatoms. The SMILES string of the molecule is Cc1ccc(-n2nc3c(c2NC(=O)[C@@H](C)Oc2ccccc2)CS(=O)(=O)C3)c(C)c1. The van der Waals surface area contributed by atoms with Gasteiger partial charge in [-0.1, -0.05) is 35.9 Å². The van der Waals surface area contributed by atoms with Crippen LogP contribution in [0.3, 0.4) is 0 Å². The van der Waals surface area contributed by atoms with Crippen LogP contribution in [0, 0.1) is 13.8 Å². The number of fused-ring (bicyclic) bond motifs is 1. The molecule has 1 amide bonds. The first-order valence-electron chi connectivity index (χ1n) is 9.65. The number of aryl methyl sites for hydroxylation is 2. The predicted octanol–water partition coefficient (Wildman–Crippen LogP) is 3.32. The fraction of sp³-hybridized carbons (Fsp3) is 0.273. The minimum absolute atomic E-state index is 0.126. The number of aromatic nitrogens is 2. The Kier molecular flexibility index (Phi) is 5.11. The van der Waals surface area contributed by atoms with Crippen molar-refractivity contribution in [2.75, 3.05) is 5.32 Å². The zero-order valence-corrected chi connectivity index (χ0v) is 17.9. The Hall–Kier alpha value is -3.13. The van der Waals surface area contributed by atoms with E-state index in [0.717, 1.165) is 16.8 Å². The minimum atomic E-state index is -3.26. The molecule has 1 aromatic heterocycles. The van der Waals surface area contributed by atoms with Gasteiger partial charge in [-0.3, -0.25) is 4.79 Å². The highest BCUT2D eigenvalue weighted by Crippen LogP contribution is 2.34. The van der Waals surface area contributed by atoms with Crippen molar-refractivity contribution in [3.63, 3.8) is 0 Å².